The molecule has 0 bridgehead atoms. The van der Waals surface area contributed by atoms with Gasteiger partial charge in [-0.15, -0.1) is 0 Å². The molecule has 2 aromatic carbocycles. The zero-order valence-electron chi connectivity index (χ0n) is 14.0. The third-order valence-electron chi connectivity index (χ3n) is 4.53. The van der Waals surface area contributed by atoms with Crippen LogP contribution in [0.3, 0.4) is 0 Å². The summed E-state index contributed by atoms with van der Waals surface area (Å²) in [5.41, 5.74) is 4.49. The Bertz CT molecular complexity index is 1040. The Morgan fingerprint density at radius 2 is 1.69 bits per heavy atom. The average Bonchev–Trinajstić information content (AvgIpc) is 3.07. The fraction of sp³-hybridized carbons (Fsp3) is 0.0952. The van der Waals surface area contributed by atoms with Crippen molar-refractivity contribution >= 4 is 10.9 Å². The molecule has 0 saturated heterocycles. The molecule has 26 heavy (non-hydrogen) atoms. The Morgan fingerprint density at radius 3 is 2.42 bits per heavy atom. The van der Waals surface area contributed by atoms with Gasteiger partial charge in [0.25, 0.3) is 0 Å². The topological polar surface area (TPSA) is 71.8 Å². The van der Waals surface area contributed by atoms with Crippen LogP contribution >= 0.6 is 0 Å². The normalized spacial score (nSPS) is 12.2. The first-order valence-corrected chi connectivity index (χ1v) is 8.43. The van der Waals surface area contributed by atoms with Gasteiger partial charge >= 0.3 is 0 Å². The number of benzene rings is 2. The zero-order chi connectivity index (χ0) is 17.9. The number of pyridine rings is 1. The molecule has 0 aliphatic rings. The molecule has 0 fully saturated rings. The maximum atomic E-state index is 11.4. The molecule has 0 amide bonds. The van der Waals surface area contributed by atoms with Gasteiger partial charge in [0.05, 0.1) is 17.3 Å². The quantitative estimate of drug-likeness (QED) is 0.424. The second-order valence-corrected chi connectivity index (χ2v) is 6.15. The second-order valence-electron chi connectivity index (χ2n) is 6.15. The van der Waals surface area contributed by atoms with Crippen molar-refractivity contribution in [1.82, 2.24) is 9.97 Å². The molecular weight excluding hydrogens is 326 g/mol. The van der Waals surface area contributed by atoms with Crippen LogP contribution in [-0.4, -0.2) is 21.4 Å². The monoisotopic (exact) mass is 343 g/mol. The van der Waals surface area contributed by atoms with E-state index < -0.39 is 5.92 Å². The maximum Gasteiger partial charge on any atom is 0.216 e. The highest BCUT2D eigenvalue weighted by Gasteiger charge is 2.28. The molecule has 1 atom stereocenters. The third kappa shape index (κ3) is 2.95. The molecule has 0 radical (unpaired) electrons. The molecule has 0 aliphatic carbocycles. The minimum absolute atomic E-state index is 0.210. The van der Waals surface area contributed by atoms with Crippen molar-refractivity contribution in [1.29, 1.82) is 0 Å². The van der Waals surface area contributed by atoms with Gasteiger partial charge in [0, 0.05) is 27.6 Å². The smallest absolute Gasteiger partial charge is 0.216 e. The van der Waals surface area contributed by atoms with Crippen molar-refractivity contribution in [3.05, 3.63) is 100 Å². The summed E-state index contributed by atoms with van der Waals surface area (Å²) in [7, 11) is 0. The van der Waals surface area contributed by atoms with E-state index in [-0.39, 0.29) is 11.5 Å². The first-order chi connectivity index (χ1) is 12.7. The predicted octanol–water partition coefficient (Wildman–Crippen LogP) is 4.64. The number of fused-ring (bicyclic) bond motifs is 1. The number of aromatic amines is 1. The average molecular weight is 343 g/mol. The highest BCUT2D eigenvalue weighted by Crippen LogP contribution is 2.38. The van der Waals surface area contributed by atoms with Gasteiger partial charge in [-0.25, -0.2) is 0 Å². The first kappa shape index (κ1) is 16.0. The number of nitrogens with zero attached hydrogens (tertiary/aromatic N) is 2. The molecule has 128 valence electrons. The van der Waals surface area contributed by atoms with Gasteiger partial charge in [-0.05, 0) is 23.8 Å². The number of nitrogens with one attached hydrogen (secondary N) is 1. The third-order valence-corrected chi connectivity index (χ3v) is 4.53. The summed E-state index contributed by atoms with van der Waals surface area (Å²) in [6, 6.07) is 23.4. The van der Waals surface area contributed by atoms with Crippen LogP contribution in [0.15, 0.2) is 79.0 Å². The van der Waals surface area contributed by atoms with Crippen LogP contribution in [0.25, 0.3) is 22.2 Å². The van der Waals surface area contributed by atoms with Crippen LogP contribution in [0.4, 0.5) is 0 Å². The largest absolute Gasteiger partial charge is 0.354 e. The first-order valence-electron chi connectivity index (χ1n) is 8.43. The number of rotatable bonds is 5. The molecule has 1 N–H and O–H groups in total. The number of nitro groups is 1. The minimum Gasteiger partial charge on any atom is -0.354 e. The maximum absolute atomic E-state index is 11.4. The van der Waals surface area contributed by atoms with Gasteiger partial charge in [0.1, 0.15) is 0 Å². The molecule has 5 nitrogen and oxygen atoms in total. The van der Waals surface area contributed by atoms with Crippen LogP contribution in [0, 0.1) is 10.1 Å². The van der Waals surface area contributed by atoms with Crippen molar-refractivity contribution < 1.29 is 4.92 Å². The molecule has 4 aromatic rings. The van der Waals surface area contributed by atoms with Crippen LogP contribution in [-0.2, 0) is 0 Å². The second kappa shape index (κ2) is 6.80. The van der Waals surface area contributed by atoms with Crippen molar-refractivity contribution in [2.45, 2.75) is 5.92 Å². The molecule has 0 aliphatic heterocycles. The summed E-state index contributed by atoms with van der Waals surface area (Å²) in [6.45, 7) is -0.210. The SMILES string of the molecule is O=[N+]([O-])C[C@H](c1ccccn1)c1c(-c2ccccc2)[nH]c2ccccc12. The van der Waals surface area contributed by atoms with Gasteiger partial charge in [0.15, 0.2) is 0 Å². The summed E-state index contributed by atoms with van der Waals surface area (Å²) < 4.78 is 0. The lowest BCUT2D eigenvalue weighted by Crippen LogP contribution is -2.15. The van der Waals surface area contributed by atoms with Crippen LogP contribution in [0.5, 0.6) is 0 Å². The summed E-state index contributed by atoms with van der Waals surface area (Å²) in [4.78, 5) is 19.0. The lowest BCUT2D eigenvalue weighted by atomic mass is 9.90. The number of hydrogen-bond acceptors (Lipinski definition) is 3. The molecular formula is C21H17N3O2. The van der Waals surface area contributed by atoms with Crippen LogP contribution in [0.2, 0.25) is 0 Å². The van der Waals surface area contributed by atoms with E-state index in [1.165, 1.54) is 0 Å². The molecule has 2 aromatic heterocycles. The molecule has 2 heterocycles. The van der Waals surface area contributed by atoms with Gasteiger partial charge in [-0.1, -0.05) is 54.6 Å². The highest BCUT2D eigenvalue weighted by atomic mass is 16.6. The van der Waals surface area contributed by atoms with E-state index in [1.54, 1.807) is 6.20 Å². The summed E-state index contributed by atoms with van der Waals surface area (Å²) in [5, 5.41) is 12.4. The van der Waals surface area contributed by atoms with Gasteiger partial charge < -0.3 is 4.98 Å². The van der Waals surface area contributed by atoms with E-state index in [9.17, 15) is 10.1 Å². The van der Waals surface area contributed by atoms with Gasteiger partial charge in [-0.2, -0.15) is 0 Å². The van der Waals surface area contributed by atoms with Crippen LogP contribution < -0.4 is 0 Å². The Balaban J connectivity index is 1.99. The van der Waals surface area contributed by atoms with E-state index in [0.717, 1.165) is 27.7 Å². The predicted molar refractivity (Wildman–Crippen MR) is 102 cm³/mol. The van der Waals surface area contributed by atoms with Crippen molar-refractivity contribution in [3.63, 3.8) is 0 Å². The summed E-state index contributed by atoms with van der Waals surface area (Å²) in [5.74, 6) is -0.433. The Kier molecular flexibility index (Phi) is 4.19. The summed E-state index contributed by atoms with van der Waals surface area (Å²) >= 11 is 0. The Hall–Kier alpha value is -3.47. The molecule has 4 rings (SSSR count). The van der Waals surface area contributed by atoms with Gasteiger partial charge in [-0.3, -0.25) is 15.1 Å². The van der Waals surface area contributed by atoms with E-state index in [2.05, 4.69) is 9.97 Å². The molecule has 0 saturated carbocycles. The number of aromatic nitrogens is 2. The number of para-hydroxylation sites is 1. The van der Waals surface area contributed by atoms with Crippen LogP contribution in [0.1, 0.15) is 17.2 Å². The van der Waals surface area contributed by atoms with E-state index in [0.29, 0.717) is 5.69 Å². The standard InChI is InChI=1S/C21H17N3O2/c25-24(26)14-17(18-11-6-7-13-22-18)20-16-10-4-5-12-19(16)23-21(20)15-8-2-1-3-9-15/h1-13,17,23H,14H2/t17-/m1/s1. The molecule has 5 heteroatoms. The van der Waals surface area contributed by atoms with E-state index in [4.69, 9.17) is 0 Å². The lowest BCUT2D eigenvalue weighted by Gasteiger charge is -2.15. The fourth-order valence-corrected chi connectivity index (χ4v) is 3.42. The van der Waals surface area contributed by atoms with E-state index in [1.807, 2.05) is 72.8 Å². The van der Waals surface area contributed by atoms with Crippen molar-refractivity contribution in [3.8, 4) is 11.3 Å². The Morgan fingerprint density at radius 1 is 0.962 bits per heavy atom. The van der Waals surface area contributed by atoms with E-state index >= 15 is 0 Å². The highest BCUT2D eigenvalue weighted by molar-refractivity contribution is 5.91. The number of hydrogen-bond donors (Lipinski definition) is 1. The minimum atomic E-state index is -0.433. The summed E-state index contributed by atoms with van der Waals surface area (Å²) in [6.07, 6.45) is 1.68. The zero-order valence-corrected chi connectivity index (χ0v) is 14.0. The lowest BCUT2D eigenvalue weighted by molar-refractivity contribution is -0.481. The Labute approximate surface area is 150 Å². The van der Waals surface area contributed by atoms with Crippen molar-refractivity contribution in [2.24, 2.45) is 0 Å². The fourth-order valence-electron chi connectivity index (χ4n) is 3.42. The van der Waals surface area contributed by atoms with Gasteiger partial charge in [0.2, 0.25) is 6.54 Å². The molecule has 0 spiro atoms. The number of H-pyrrole nitrogens is 1. The molecule has 0 unspecified atom stereocenters. The van der Waals surface area contributed by atoms with Crippen molar-refractivity contribution in [2.75, 3.05) is 6.54 Å².